The highest BCUT2D eigenvalue weighted by Crippen LogP contribution is 2.50. The van der Waals surface area contributed by atoms with E-state index < -0.39 is 33.1 Å². The Kier molecular flexibility index (Phi) is 14.0. The van der Waals surface area contributed by atoms with Crippen LogP contribution in [-0.4, -0.2) is 122 Å². The molecule has 0 spiro atoms. The van der Waals surface area contributed by atoms with Crippen molar-refractivity contribution in [2.45, 2.75) is 78.1 Å². The molecule has 41 heavy (non-hydrogen) atoms. The molecule has 3 heterocycles. The number of fused-ring (bicyclic) bond motifs is 1. The van der Waals surface area contributed by atoms with Crippen molar-refractivity contribution in [3.63, 3.8) is 0 Å². The first-order valence-corrected chi connectivity index (χ1v) is 15.2. The molecule has 0 radical (unpaired) electrons. The third-order valence-corrected chi connectivity index (χ3v) is 8.57. The van der Waals surface area contributed by atoms with Crippen LogP contribution >= 0.6 is 8.53 Å². The molecule has 0 amide bonds. The van der Waals surface area contributed by atoms with E-state index in [1.54, 1.807) is 20.5 Å². The Morgan fingerprint density at radius 2 is 1.56 bits per heavy atom. The molecule has 1 aliphatic heterocycles. The average Bonchev–Trinajstić information content (AvgIpc) is 3.54. The highest BCUT2D eigenvalue weighted by atomic mass is 31.2. The maximum Gasteiger partial charge on any atom is 0.259 e. The van der Waals surface area contributed by atoms with Crippen LogP contribution in [0.5, 0.6) is 0 Å². The van der Waals surface area contributed by atoms with Crippen molar-refractivity contribution < 1.29 is 38.8 Å². The van der Waals surface area contributed by atoms with Crippen molar-refractivity contribution in [2.24, 2.45) is 0 Å². The van der Waals surface area contributed by atoms with Crippen LogP contribution in [0, 0.1) is 6.92 Å². The summed E-state index contributed by atoms with van der Waals surface area (Å²) in [6.07, 6.45) is 0.995. The van der Waals surface area contributed by atoms with Gasteiger partial charge in [0.25, 0.3) is 8.53 Å². The van der Waals surface area contributed by atoms with Crippen LogP contribution in [0.15, 0.2) is 12.7 Å². The summed E-state index contributed by atoms with van der Waals surface area (Å²) in [5.41, 5.74) is 2.11. The van der Waals surface area contributed by atoms with Gasteiger partial charge in [-0.2, -0.15) is 0 Å². The first-order chi connectivity index (χ1) is 20.3. The van der Waals surface area contributed by atoms with Crippen molar-refractivity contribution in [3.05, 3.63) is 18.3 Å². The zero-order valence-corrected chi connectivity index (χ0v) is 26.3. The molecule has 13 nitrogen and oxygen atoms in total. The standard InChI is InChI=1S/C27H48N5O8P/c1-19(2)32(20(3)4)41(38-16-15-37-14-13-36-12-11-35-10-9-33-7)40-24-22(6)39-27(25(24)34-8)31-18-30-23-21(5)28-17-29-26(23)31/h17-20,22,24-25,27H,9-16H2,1-8H3/i6D. The van der Waals surface area contributed by atoms with Gasteiger partial charge in [0.05, 0.1) is 71.0 Å². The summed E-state index contributed by atoms with van der Waals surface area (Å²) in [6, 6.07) is 0.310. The van der Waals surface area contributed by atoms with Crippen LogP contribution < -0.4 is 0 Å². The molecule has 1 fully saturated rings. The second-order valence-corrected chi connectivity index (χ2v) is 11.5. The van der Waals surface area contributed by atoms with E-state index in [1.165, 1.54) is 6.33 Å². The zero-order chi connectivity index (χ0) is 30.5. The van der Waals surface area contributed by atoms with Gasteiger partial charge < -0.3 is 37.5 Å². The Morgan fingerprint density at radius 1 is 0.927 bits per heavy atom. The second-order valence-electron chi connectivity index (χ2n) is 10.1. The van der Waals surface area contributed by atoms with Crippen molar-refractivity contribution >= 4 is 19.7 Å². The maximum absolute atomic E-state index is 8.23. The summed E-state index contributed by atoms with van der Waals surface area (Å²) in [4.78, 5) is 13.2. The minimum absolute atomic E-state index is 0.00523. The topological polar surface area (TPSA) is 121 Å². The monoisotopic (exact) mass is 602 g/mol. The van der Waals surface area contributed by atoms with Gasteiger partial charge >= 0.3 is 0 Å². The number of nitrogens with zero attached hydrogens (tertiary/aromatic N) is 5. The van der Waals surface area contributed by atoms with Gasteiger partial charge in [-0.3, -0.25) is 4.57 Å². The van der Waals surface area contributed by atoms with E-state index >= 15 is 0 Å². The van der Waals surface area contributed by atoms with Crippen LogP contribution in [0.3, 0.4) is 0 Å². The SMILES string of the molecule is [2H]CC1OC(n2cnc3c(C)ncnc32)C(OC)C1OP(OCCOCCOCCOCCOC)N(C(C)C)C(C)C. The Morgan fingerprint density at radius 3 is 2.15 bits per heavy atom. The van der Waals surface area contributed by atoms with E-state index in [1.807, 2.05) is 11.5 Å². The summed E-state index contributed by atoms with van der Waals surface area (Å²) in [5, 5.41) is 0. The second kappa shape index (κ2) is 17.7. The molecule has 14 heteroatoms. The third kappa shape index (κ3) is 9.56. The number of hydrogen-bond donors (Lipinski definition) is 0. The predicted octanol–water partition coefficient (Wildman–Crippen LogP) is 3.51. The first-order valence-electron chi connectivity index (χ1n) is 14.8. The van der Waals surface area contributed by atoms with Gasteiger partial charge in [-0.15, -0.1) is 0 Å². The molecule has 0 aliphatic carbocycles. The minimum atomic E-state index is -1.53. The van der Waals surface area contributed by atoms with E-state index in [4.69, 9.17) is 38.8 Å². The van der Waals surface area contributed by atoms with E-state index in [2.05, 4.69) is 47.3 Å². The molecular formula is C27H48N5O8P. The number of hydrogen-bond acceptors (Lipinski definition) is 12. The molecule has 0 saturated carbocycles. The normalized spacial score (nSPS) is 22.4. The molecule has 1 saturated heterocycles. The number of methoxy groups -OCH3 is 2. The van der Waals surface area contributed by atoms with Crippen LogP contribution in [-0.2, 0) is 37.5 Å². The molecule has 5 atom stereocenters. The highest BCUT2D eigenvalue weighted by Gasteiger charge is 2.48. The summed E-state index contributed by atoms with van der Waals surface area (Å²) < 4.78 is 59.2. The number of imidazole rings is 1. The minimum Gasteiger partial charge on any atom is -0.382 e. The fourth-order valence-electron chi connectivity index (χ4n) is 4.55. The van der Waals surface area contributed by atoms with Crippen LogP contribution in [0.1, 0.15) is 47.9 Å². The summed E-state index contributed by atoms with van der Waals surface area (Å²) in [6.45, 7) is 14.1. The van der Waals surface area contributed by atoms with Gasteiger partial charge in [0.2, 0.25) is 0 Å². The van der Waals surface area contributed by atoms with Crippen molar-refractivity contribution in [1.82, 2.24) is 24.2 Å². The Balaban J connectivity index is 1.61. The molecular weight excluding hydrogens is 553 g/mol. The molecule has 5 unspecified atom stereocenters. The smallest absolute Gasteiger partial charge is 0.259 e. The van der Waals surface area contributed by atoms with Crippen LogP contribution in [0.2, 0.25) is 0 Å². The molecule has 2 aromatic rings. The largest absolute Gasteiger partial charge is 0.382 e. The lowest BCUT2D eigenvalue weighted by molar-refractivity contribution is -0.0467. The fraction of sp³-hybridized carbons (Fsp3) is 0.815. The summed E-state index contributed by atoms with van der Waals surface area (Å²) in [7, 11) is 1.73. The Labute approximate surface area is 246 Å². The van der Waals surface area contributed by atoms with E-state index in [9.17, 15) is 0 Å². The van der Waals surface area contributed by atoms with Crippen molar-refractivity contribution in [2.75, 3.05) is 67.1 Å². The van der Waals surface area contributed by atoms with Crippen molar-refractivity contribution in [1.29, 1.82) is 0 Å². The van der Waals surface area contributed by atoms with E-state index in [0.717, 1.165) is 5.69 Å². The zero-order valence-electron chi connectivity index (χ0n) is 26.4. The number of aromatic nitrogens is 4. The molecule has 1 aliphatic rings. The lowest BCUT2D eigenvalue weighted by atomic mass is 10.1. The first kappa shape index (κ1) is 32.5. The Hall–Kier alpha value is -1.38. The molecule has 234 valence electrons. The summed E-state index contributed by atoms with van der Waals surface area (Å²) >= 11 is 0. The van der Waals surface area contributed by atoms with E-state index in [-0.39, 0.29) is 19.0 Å². The molecule has 0 bridgehead atoms. The third-order valence-electron chi connectivity index (χ3n) is 6.44. The lowest BCUT2D eigenvalue weighted by Gasteiger charge is -2.38. The van der Waals surface area contributed by atoms with Gasteiger partial charge in [0, 0.05) is 27.7 Å². The van der Waals surface area contributed by atoms with Gasteiger partial charge in [-0.25, -0.2) is 19.6 Å². The number of rotatable bonds is 20. The molecule has 0 aromatic carbocycles. The number of ether oxygens (including phenoxy) is 6. The highest BCUT2D eigenvalue weighted by molar-refractivity contribution is 7.44. The van der Waals surface area contributed by atoms with Crippen LogP contribution in [0.4, 0.5) is 0 Å². The van der Waals surface area contributed by atoms with Gasteiger partial charge in [0.1, 0.15) is 24.1 Å². The van der Waals surface area contributed by atoms with Crippen LogP contribution in [0.25, 0.3) is 11.2 Å². The average molecular weight is 603 g/mol. The van der Waals surface area contributed by atoms with E-state index in [0.29, 0.717) is 64.0 Å². The number of aryl methyl sites for hydroxylation is 1. The Bertz CT molecular complexity index is 1030. The lowest BCUT2D eigenvalue weighted by Crippen LogP contribution is -2.39. The molecule has 3 rings (SSSR count). The van der Waals surface area contributed by atoms with Gasteiger partial charge in [0.15, 0.2) is 11.9 Å². The quantitative estimate of drug-likeness (QED) is 0.163. The molecule has 0 N–H and O–H groups in total. The fourth-order valence-corrected chi connectivity index (χ4v) is 6.30. The van der Waals surface area contributed by atoms with Gasteiger partial charge in [-0.1, -0.05) is 0 Å². The molecule has 2 aromatic heterocycles. The van der Waals surface area contributed by atoms with Gasteiger partial charge in [-0.05, 0) is 41.5 Å². The predicted molar refractivity (Wildman–Crippen MR) is 155 cm³/mol. The maximum atomic E-state index is 8.23. The summed E-state index contributed by atoms with van der Waals surface area (Å²) in [5.74, 6) is 0. The van der Waals surface area contributed by atoms with Crippen molar-refractivity contribution in [3.8, 4) is 0 Å².